The van der Waals surface area contributed by atoms with Crippen LogP contribution < -0.4 is 4.90 Å². The van der Waals surface area contributed by atoms with Crippen molar-refractivity contribution in [3.8, 4) is 0 Å². The van der Waals surface area contributed by atoms with Gasteiger partial charge in [-0.1, -0.05) is 34.8 Å². The van der Waals surface area contributed by atoms with Crippen LogP contribution in [0.5, 0.6) is 0 Å². The predicted molar refractivity (Wildman–Crippen MR) is 80.1 cm³/mol. The van der Waals surface area contributed by atoms with Crippen molar-refractivity contribution in [2.24, 2.45) is 0 Å². The molecule has 1 N–H and O–H groups in total. The summed E-state index contributed by atoms with van der Waals surface area (Å²) in [5, 5.41) is 9.66. The van der Waals surface area contributed by atoms with Crippen LogP contribution in [-0.4, -0.2) is 17.7 Å². The molecule has 2 rings (SSSR count). The summed E-state index contributed by atoms with van der Waals surface area (Å²) in [6, 6.07) is 7.00. The number of benzene rings is 1. The molecule has 1 atom stereocenters. The largest absolute Gasteiger partial charge is 0.389 e. The number of rotatable bonds is 4. The van der Waals surface area contributed by atoms with Crippen molar-refractivity contribution in [1.29, 1.82) is 0 Å². The molecule has 1 aliphatic carbocycles. The second kappa shape index (κ2) is 6.07. The van der Waals surface area contributed by atoms with Crippen molar-refractivity contribution in [3.05, 3.63) is 28.2 Å². The standard InChI is InChI=1S/C15H22BrNO/c1-3-17(12-6-4-5-7-12)13-8-9-14(11(2)18)15(16)10-13/h8-12,18H,3-7H2,1-2H3/t11-/m1/s1. The Labute approximate surface area is 118 Å². The van der Waals surface area contributed by atoms with Crippen molar-refractivity contribution < 1.29 is 5.11 Å². The number of aliphatic hydroxyl groups is 1. The van der Waals surface area contributed by atoms with Gasteiger partial charge in [-0.25, -0.2) is 0 Å². The maximum Gasteiger partial charge on any atom is 0.0772 e. The van der Waals surface area contributed by atoms with E-state index in [1.54, 1.807) is 6.92 Å². The van der Waals surface area contributed by atoms with Gasteiger partial charge in [-0.05, 0) is 44.4 Å². The van der Waals surface area contributed by atoms with Crippen LogP contribution in [0.15, 0.2) is 22.7 Å². The molecule has 1 fully saturated rings. The first-order chi connectivity index (χ1) is 8.63. The minimum atomic E-state index is -0.421. The molecule has 0 unspecified atom stereocenters. The van der Waals surface area contributed by atoms with Gasteiger partial charge in [0.1, 0.15) is 0 Å². The quantitative estimate of drug-likeness (QED) is 0.897. The first kappa shape index (κ1) is 13.9. The molecule has 0 saturated heterocycles. The van der Waals surface area contributed by atoms with E-state index in [1.807, 2.05) is 6.07 Å². The van der Waals surface area contributed by atoms with Crippen molar-refractivity contribution in [3.63, 3.8) is 0 Å². The lowest BCUT2D eigenvalue weighted by Crippen LogP contribution is -2.32. The Balaban J connectivity index is 2.23. The first-order valence-corrected chi connectivity index (χ1v) is 7.67. The molecule has 0 aliphatic heterocycles. The van der Waals surface area contributed by atoms with E-state index in [1.165, 1.54) is 31.4 Å². The van der Waals surface area contributed by atoms with E-state index in [0.717, 1.165) is 16.6 Å². The van der Waals surface area contributed by atoms with Gasteiger partial charge in [0.25, 0.3) is 0 Å². The fourth-order valence-corrected chi connectivity index (χ4v) is 3.60. The molecule has 1 aliphatic rings. The Kier molecular flexibility index (Phi) is 4.68. The lowest BCUT2D eigenvalue weighted by molar-refractivity contribution is 0.198. The summed E-state index contributed by atoms with van der Waals surface area (Å²) in [6.45, 7) is 5.06. The van der Waals surface area contributed by atoms with Crippen LogP contribution >= 0.6 is 15.9 Å². The van der Waals surface area contributed by atoms with E-state index in [9.17, 15) is 5.11 Å². The topological polar surface area (TPSA) is 23.5 Å². The van der Waals surface area contributed by atoms with Gasteiger partial charge in [-0.3, -0.25) is 0 Å². The summed E-state index contributed by atoms with van der Waals surface area (Å²) in [5.41, 5.74) is 2.22. The van der Waals surface area contributed by atoms with E-state index in [0.29, 0.717) is 6.04 Å². The fraction of sp³-hybridized carbons (Fsp3) is 0.600. The van der Waals surface area contributed by atoms with Gasteiger partial charge >= 0.3 is 0 Å². The van der Waals surface area contributed by atoms with Crippen molar-refractivity contribution in [2.45, 2.75) is 51.7 Å². The lowest BCUT2D eigenvalue weighted by Gasteiger charge is -2.30. The van der Waals surface area contributed by atoms with Gasteiger partial charge in [0.15, 0.2) is 0 Å². The Morgan fingerprint density at radius 2 is 2.06 bits per heavy atom. The number of nitrogens with zero attached hydrogens (tertiary/aromatic N) is 1. The smallest absolute Gasteiger partial charge is 0.0772 e. The minimum Gasteiger partial charge on any atom is -0.389 e. The lowest BCUT2D eigenvalue weighted by atomic mass is 10.1. The third kappa shape index (κ3) is 2.89. The Morgan fingerprint density at radius 1 is 1.39 bits per heavy atom. The van der Waals surface area contributed by atoms with Gasteiger partial charge in [0.2, 0.25) is 0 Å². The van der Waals surface area contributed by atoms with Crippen molar-refractivity contribution >= 4 is 21.6 Å². The van der Waals surface area contributed by atoms with Gasteiger partial charge in [0.05, 0.1) is 6.10 Å². The summed E-state index contributed by atoms with van der Waals surface area (Å²) >= 11 is 3.57. The fourth-order valence-electron chi connectivity index (χ4n) is 2.90. The van der Waals surface area contributed by atoms with Crippen molar-refractivity contribution in [1.82, 2.24) is 0 Å². The number of halogens is 1. The van der Waals surface area contributed by atoms with Gasteiger partial charge < -0.3 is 10.0 Å². The molecule has 3 heteroatoms. The normalized spacial score (nSPS) is 18.0. The van der Waals surface area contributed by atoms with Crippen molar-refractivity contribution in [2.75, 3.05) is 11.4 Å². The molecule has 0 radical (unpaired) electrons. The first-order valence-electron chi connectivity index (χ1n) is 6.87. The highest BCUT2D eigenvalue weighted by atomic mass is 79.9. The number of hydrogen-bond acceptors (Lipinski definition) is 2. The summed E-state index contributed by atoms with van der Waals surface area (Å²) in [4.78, 5) is 2.49. The van der Waals surface area contributed by atoms with E-state index < -0.39 is 6.10 Å². The van der Waals surface area contributed by atoms with Gasteiger partial charge in [0, 0.05) is 22.7 Å². The Bertz CT molecular complexity index is 399. The zero-order valence-corrected chi connectivity index (χ0v) is 12.8. The second-order valence-corrected chi connectivity index (χ2v) is 5.96. The monoisotopic (exact) mass is 311 g/mol. The zero-order valence-electron chi connectivity index (χ0n) is 11.2. The van der Waals surface area contributed by atoms with E-state index in [2.05, 4.69) is 39.9 Å². The molecule has 1 aromatic carbocycles. The summed E-state index contributed by atoms with van der Waals surface area (Å²) in [6.07, 6.45) is 4.91. The molecule has 2 nitrogen and oxygen atoms in total. The molecule has 0 spiro atoms. The highest BCUT2D eigenvalue weighted by molar-refractivity contribution is 9.10. The summed E-state index contributed by atoms with van der Waals surface area (Å²) < 4.78 is 1.01. The Hall–Kier alpha value is -0.540. The van der Waals surface area contributed by atoms with Crippen LogP contribution in [0.3, 0.4) is 0 Å². The van der Waals surface area contributed by atoms with Crippen LogP contribution in [-0.2, 0) is 0 Å². The van der Waals surface area contributed by atoms with Crippen LogP contribution in [0.2, 0.25) is 0 Å². The molecule has 18 heavy (non-hydrogen) atoms. The number of hydrogen-bond donors (Lipinski definition) is 1. The average Bonchev–Trinajstić information content (AvgIpc) is 2.83. The molecule has 0 bridgehead atoms. The molecule has 1 saturated carbocycles. The molecule has 100 valence electrons. The van der Waals surface area contributed by atoms with E-state index in [4.69, 9.17) is 0 Å². The van der Waals surface area contributed by atoms with Crippen LogP contribution in [0.1, 0.15) is 51.2 Å². The molecular formula is C15H22BrNO. The summed E-state index contributed by atoms with van der Waals surface area (Å²) in [5.74, 6) is 0. The summed E-state index contributed by atoms with van der Waals surface area (Å²) in [7, 11) is 0. The van der Waals surface area contributed by atoms with E-state index >= 15 is 0 Å². The maximum atomic E-state index is 9.66. The number of aliphatic hydroxyl groups excluding tert-OH is 1. The van der Waals surface area contributed by atoms with Gasteiger partial charge in [-0.15, -0.1) is 0 Å². The third-order valence-electron chi connectivity index (χ3n) is 3.87. The van der Waals surface area contributed by atoms with E-state index in [-0.39, 0.29) is 0 Å². The Morgan fingerprint density at radius 3 is 2.56 bits per heavy atom. The zero-order chi connectivity index (χ0) is 13.1. The molecule has 0 aromatic heterocycles. The molecular weight excluding hydrogens is 290 g/mol. The maximum absolute atomic E-state index is 9.66. The van der Waals surface area contributed by atoms with Gasteiger partial charge in [-0.2, -0.15) is 0 Å². The molecule has 0 amide bonds. The second-order valence-electron chi connectivity index (χ2n) is 5.11. The van der Waals surface area contributed by atoms with Crippen LogP contribution in [0, 0.1) is 0 Å². The highest BCUT2D eigenvalue weighted by Crippen LogP contribution is 2.32. The number of anilines is 1. The third-order valence-corrected chi connectivity index (χ3v) is 4.56. The average molecular weight is 312 g/mol. The minimum absolute atomic E-state index is 0.421. The van der Waals surface area contributed by atoms with Crippen LogP contribution in [0.4, 0.5) is 5.69 Å². The molecule has 1 aromatic rings. The highest BCUT2D eigenvalue weighted by Gasteiger charge is 2.22. The predicted octanol–water partition coefficient (Wildman–Crippen LogP) is 4.27. The molecule has 0 heterocycles. The SMILES string of the molecule is CCN(c1ccc([C@@H](C)O)c(Br)c1)C1CCCC1. The van der Waals surface area contributed by atoms with Crippen LogP contribution in [0.25, 0.3) is 0 Å².